The van der Waals surface area contributed by atoms with Gasteiger partial charge in [-0.05, 0) is 47.7 Å². The summed E-state index contributed by atoms with van der Waals surface area (Å²) in [5, 5.41) is 10.2. The average Bonchev–Trinajstić information content (AvgIpc) is 2.49. The Bertz CT molecular complexity index is 787. The number of para-hydroxylation sites is 1. The summed E-state index contributed by atoms with van der Waals surface area (Å²) in [6.07, 6.45) is 0. The van der Waals surface area contributed by atoms with Crippen molar-refractivity contribution in [2.45, 2.75) is 13.8 Å². The van der Waals surface area contributed by atoms with E-state index in [1.54, 1.807) is 6.07 Å². The maximum atomic E-state index is 10.2. The predicted octanol–water partition coefficient (Wildman–Crippen LogP) is 5.34. The van der Waals surface area contributed by atoms with Crippen LogP contribution >= 0.6 is 0 Å². The molecule has 0 saturated heterocycles. The van der Waals surface area contributed by atoms with Crippen molar-refractivity contribution in [2.75, 3.05) is 0 Å². The second-order valence-corrected chi connectivity index (χ2v) is 5.33. The summed E-state index contributed by atoms with van der Waals surface area (Å²) in [6.45, 7) is 4.24. The Morgan fingerprint density at radius 1 is 0.571 bits per heavy atom. The molecule has 104 valence electrons. The van der Waals surface area contributed by atoms with Crippen LogP contribution in [-0.4, -0.2) is 5.11 Å². The number of rotatable bonds is 2. The molecule has 0 fully saturated rings. The van der Waals surface area contributed by atoms with Gasteiger partial charge in [-0.15, -0.1) is 0 Å². The molecule has 3 aromatic rings. The van der Waals surface area contributed by atoms with Crippen molar-refractivity contribution in [2.24, 2.45) is 0 Å². The fourth-order valence-corrected chi connectivity index (χ4v) is 2.80. The first kappa shape index (κ1) is 13.4. The topological polar surface area (TPSA) is 20.2 Å². The van der Waals surface area contributed by atoms with E-state index in [0.717, 1.165) is 11.1 Å². The molecule has 3 rings (SSSR count). The van der Waals surface area contributed by atoms with Gasteiger partial charge in [-0.3, -0.25) is 0 Å². The third kappa shape index (κ3) is 2.43. The standard InChI is InChI=1S/C20H18O/c1-14-8-3-4-10-16(14)20-15(2)9-7-12-18(20)17-11-5-6-13-19(17)21/h3-13,21H,1-2H3. The maximum absolute atomic E-state index is 10.2. The minimum Gasteiger partial charge on any atom is -0.507 e. The highest BCUT2D eigenvalue weighted by atomic mass is 16.3. The van der Waals surface area contributed by atoms with Gasteiger partial charge >= 0.3 is 0 Å². The van der Waals surface area contributed by atoms with Crippen molar-refractivity contribution in [3.8, 4) is 28.0 Å². The van der Waals surface area contributed by atoms with Gasteiger partial charge in [0.05, 0.1) is 0 Å². The van der Waals surface area contributed by atoms with Crippen LogP contribution in [0.5, 0.6) is 5.75 Å². The summed E-state index contributed by atoms with van der Waals surface area (Å²) in [5.41, 5.74) is 6.81. The van der Waals surface area contributed by atoms with Crippen LogP contribution in [0.1, 0.15) is 11.1 Å². The quantitative estimate of drug-likeness (QED) is 0.668. The van der Waals surface area contributed by atoms with E-state index in [0.29, 0.717) is 5.75 Å². The number of phenolic OH excluding ortho intramolecular Hbond substituents is 1. The summed E-state index contributed by atoms with van der Waals surface area (Å²) >= 11 is 0. The van der Waals surface area contributed by atoms with Crippen LogP contribution < -0.4 is 0 Å². The molecule has 0 radical (unpaired) electrons. The molecule has 0 aliphatic heterocycles. The van der Waals surface area contributed by atoms with E-state index >= 15 is 0 Å². The van der Waals surface area contributed by atoms with Gasteiger partial charge in [0.15, 0.2) is 0 Å². The smallest absolute Gasteiger partial charge is 0.123 e. The van der Waals surface area contributed by atoms with E-state index in [2.05, 4.69) is 50.2 Å². The van der Waals surface area contributed by atoms with Crippen molar-refractivity contribution in [3.63, 3.8) is 0 Å². The first-order chi connectivity index (χ1) is 10.2. The van der Waals surface area contributed by atoms with Gasteiger partial charge in [0.25, 0.3) is 0 Å². The molecule has 0 bridgehead atoms. The lowest BCUT2D eigenvalue weighted by molar-refractivity contribution is 0.477. The highest BCUT2D eigenvalue weighted by Gasteiger charge is 2.13. The lowest BCUT2D eigenvalue weighted by atomic mass is 9.89. The Morgan fingerprint density at radius 3 is 1.86 bits per heavy atom. The Kier molecular flexibility index (Phi) is 3.49. The van der Waals surface area contributed by atoms with E-state index in [4.69, 9.17) is 0 Å². The average molecular weight is 274 g/mol. The number of hydrogen-bond acceptors (Lipinski definition) is 1. The molecule has 0 heterocycles. The van der Waals surface area contributed by atoms with Crippen molar-refractivity contribution in [1.82, 2.24) is 0 Å². The van der Waals surface area contributed by atoms with Crippen LogP contribution in [0.4, 0.5) is 0 Å². The Hall–Kier alpha value is -2.54. The molecule has 0 atom stereocenters. The van der Waals surface area contributed by atoms with Crippen LogP contribution in [0.15, 0.2) is 66.7 Å². The molecule has 0 aliphatic carbocycles. The molecule has 0 amide bonds. The molecule has 0 spiro atoms. The highest BCUT2D eigenvalue weighted by molar-refractivity contribution is 5.88. The summed E-state index contributed by atoms with van der Waals surface area (Å²) < 4.78 is 0. The molecule has 1 nitrogen and oxygen atoms in total. The number of aromatic hydroxyl groups is 1. The van der Waals surface area contributed by atoms with Crippen molar-refractivity contribution in [3.05, 3.63) is 77.9 Å². The Balaban J connectivity index is 2.32. The Labute approximate surface area is 125 Å². The number of benzene rings is 3. The maximum Gasteiger partial charge on any atom is 0.123 e. The first-order valence-electron chi connectivity index (χ1n) is 7.12. The van der Waals surface area contributed by atoms with Crippen molar-refractivity contribution in [1.29, 1.82) is 0 Å². The molecule has 3 aromatic carbocycles. The largest absolute Gasteiger partial charge is 0.507 e. The van der Waals surface area contributed by atoms with Gasteiger partial charge in [-0.2, -0.15) is 0 Å². The second-order valence-electron chi connectivity index (χ2n) is 5.33. The second kappa shape index (κ2) is 5.45. The minimum absolute atomic E-state index is 0.318. The van der Waals surface area contributed by atoms with E-state index in [1.807, 2.05) is 24.3 Å². The molecular formula is C20H18O. The fraction of sp³-hybridized carbons (Fsp3) is 0.100. The zero-order valence-electron chi connectivity index (χ0n) is 12.3. The van der Waals surface area contributed by atoms with Crippen LogP contribution in [0.25, 0.3) is 22.3 Å². The number of phenols is 1. The van der Waals surface area contributed by atoms with E-state index in [1.165, 1.54) is 22.3 Å². The first-order valence-corrected chi connectivity index (χ1v) is 7.12. The Morgan fingerprint density at radius 2 is 1.14 bits per heavy atom. The lowest BCUT2D eigenvalue weighted by Crippen LogP contribution is -1.91. The van der Waals surface area contributed by atoms with Gasteiger partial charge < -0.3 is 5.11 Å². The zero-order valence-corrected chi connectivity index (χ0v) is 12.3. The van der Waals surface area contributed by atoms with Crippen LogP contribution in [0, 0.1) is 13.8 Å². The summed E-state index contributed by atoms with van der Waals surface area (Å²) in [7, 11) is 0. The normalized spacial score (nSPS) is 10.6. The molecule has 0 aromatic heterocycles. The molecule has 1 heteroatoms. The zero-order chi connectivity index (χ0) is 14.8. The summed E-state index contributed by atoms with van der Waals surface area (Å²) in [6, 6.07) is 22.1. The molecular weight excluding hydrogens is 256 g/mol. The fourth-order valence-electron chi connectivity index (χ4n) is 2.80. The highest BCUT2D eigenvalue weighted by Crippen LogP contribution is 2.39. The SMILES string of the molecule is Cc1ccccc1-c1c(C)cccc1-c1ccccc1O. The van der Waals surface area contributed by atoms with Crippen LogP contribution in [0.3, 0.4) is 0 Å². The third-order valence-corrected chi connectivity index (χ3v) is 3.88. The van der Waals surface area contributed by atoms with E-state index in [-0.39, 0.29) is 0 Å². The molecule has 0 saturated carbocycles. The van der Waals surface area contributed by atoms with Gasteiger partial charge in [0.1, 0.15) is 5.75 Å². The number of hydrogen-bond donors (Lipinski definition) is 1. The van der Waals surface area contributed by atoms with Crippen molar-refractivity contribution >= 4 is 0 Å². The van der Waals surface area contributed by atoms with Crippen LogP contribution in [0.2, 0.25) is 0 Å². The molecule has 1 N–H and O–H groups in total. The predicted molar refractivity (Wildman–Crippen MR) is 88.5 cm³/mol. The number of aryl methyl sites for hydroxylation is 2. The summed E-state index contributed by atoms with van der Waals surface area (Å²) in [5.74, 6) is 0.318. The van der Waals surface area contributed by atoms with Gasteiger partial charge in [0.2, 0.25) is 0 Å². The van der Waals surface area contributed by atoms with Gasteiger partial charge in [-0.1, -0.05) is 60.7 Å². The lowest BCUT2D eigenvalue weighted by Gasteiger charge is -2.16. The monoisotopic (exact) mass is 274 g/mol. The van der Waals surface area contributed by atoms with E-state index in [9.17, 15) is 5.11 Å². The van der Waals surface area contributed by atoms with Crippen molar-refractivity contribution < 1.29 is 5.11 Å². The minimum atomic E-state index is 0.318. The third-order valence-electron chi connectivity index (χ3n) is 3.88. The van der Waals surface area contributed by atoms with Crippen LogP contribution in [-0.2, 0) is 0 Å². The van der Waals surface area contributed by atoms with E-state index < -0.39 is 0 Å². The molecule has 0 unspecified atom stereocenters. The van der Waals surface area contributed by atoms with Gasteiger partial charge in [-0.25, -0.2) is 0 Å². The molecule has 0 aliphatic rings. The molecule has 21 heavy (non-hydrogen) atoms. The summed E-state index contributed by atoms with van der Waals surface area (Å²) in [4.78, 5) is 0. The van der Waals surface area contributed by atoms with Gasteiger partial charge in [0, 0.05) is 5.56 Å².